The van der Waals surface area contributed by atoms with Gasteiger partial charge in [-0.05, 0) is 41.6 Å². The summed E-state index contributed by atoms with van der Waals surface area (Å²) >= 11 is 1.02. The molecule has 0 atom stereocenters. The first-order valence-corrected chi connectivity index (χ1v) is 9.62. The topological polar surface area (TPSA) is 90.0 Å². The second-order valence-electron chi connectivity index (χ2n) is 5.27. The van der Waals surface area contributed by atoms with Gasteiger partial charge in [0.2, 0.25) is 0 Å². The molecule has 0 saturated heterocycles. The molecule has 9 heteroatoms. The molecule has 0 radical (unpaired) electrons. The average molecular weight is 381 g/mol. The third kappa shape index (κ3) is 2.89. The lowest BCUT2D eigenvalue weighted by atomic mass is 10.1. The van der Waals surface area contributed by atoms with Crippen LogP contribution >= 0.6 is 11.3 Å². The number of rotatable bonds is 4. The molecular weight excluding hydrogens is 366 g/mol. The van der Waals surface area contributed by atoms with Crippen molar-refractivity contribution < 1.29 is 27.5 Å². The monoisotopic (exact) mass is 381 g/mol. The van der Waals surface area contributed by atoms with Gasteiger partial charge in [-0.1, -0.05) is 0 Å². The van der Waals surface area contributed by atoms with E-state index >= 15 is 0 Å². The van der Waals surface area contributed by atoms with Gasteiger partial charge in [0.1, 0.15) is 9.77 Å². The third-order valence-corrected chi connectivity index (χ3v) is 6.80. The zero-order valence-corrected chi connectivity index (χ0v) is 15.1. The summed E-state index contributed by atoms with van der Waals surface area (Å²) in [6.07, 6.45) is 0.469. The van der Waals surface area contributed by atoms with Crippen molar-refractivity contribution in [2.24, 2.45) is 0 Å². The van der Waals surface area contributed by atoms with Crippen LogP contribution in [-0.2, 0) is 25.9 Å². The molecule has 132 valence electrons. The lowest BCUT2D eigenvalue weighted by molar-refractivity contribution is 0.0592. The molecule has 0 saturated carbocycles. The number of sulfonamides is 1. The van der Waals surface area contributed by atoms with Crippen molar-refractivity contribution in [1.82, 2.24) is 0 Å². The first-order valence-electron chi connectivity index (χ1n) is 7.30. The number of anilines is 1. The highest BCUT2D eigenvalue weighted by Gasteiger charge is 2.35. The molecule has 2 heterocycles. The summed E-state index contributed by atoms with van der Waals surface area (Å²) in [5.41, 5.74) is 1.60. The number of hydrogen-bond acceptors (Lipinski definition) is 7. The Balaban J connectivity index is 2.01. The molecule has 0 N–H and O–H groups in total. The fraction of sp³-hybridized carbons (Fsp3) is 0.250. The second-order valence-corrected chi connectivity index (χ2v) is 8.01. The van der Waals surface area contributed by atoms with Gasteiger partial charge in [-0.15, -0.1) is 11.3 Å². The Bertz CT molecular complexity index is 947. The molecule has 1 aliphatic heterocycles. The van der Waals surface area contributed by atoms with Crippen LogP contribution in [0.2, 0.25) is 0 Å². The lowest BCUT2D eigenvalue weighted by Gasteiger charge is -2.19. The van der Waals surface area contributed by atoms with Crippen molar-refractivity contribution in [3.8, 4) is 0 Å². The molecule has 0 aliphatic carbocycles. The van der Waals surface area contributed by atoms with Crippen molar-refractivity contribution in [3.05, 3.63) is 45.6 Å². The smallest absolute Gasteiger partial charge is 0.349 e. The van der Waals surface area contributed by atoms with Crippen LogP contribution in [0, 0.1) is 0 Å². The van der Waals surface area contributed by atoms with Gasteiger partial charge in [0, 0.05) is 6.54 Å². The molecule has 0 bridgehead atoms. The number of benzene rings is 1. The Morgan fingerprint density at radius 3 is 2.52 bits per heavy atom. The minimum Gasteiger partial charge on any atom is -0.465 e. The van der Waals surface area contributed by atoms with Crippen molar-refractivity contribution in [2.45, 2.75) is 11.3 Å². The highest BCUT2D eigenvalue weighted by atomic mass is 32.2. The summed E-state index contributed by atoms with van der Waals surface area (Å²) in [4.78, 5) is 23.4. The summed E-state index contributed by atoms with van der Waals surface area (Å²) in [6, 6.07) is 6.13. The Morgan fingerprint density at radius 1 is 1.12 bits per heavy atom. The molecule has 0 amide bonds. The van der Waals surface area contributed by atoms with Gasteiger partial charge in [0.05, 0.1) is 25.5 Å². The largest absolute Gasteiger partial charge is 0.465 e. The van der Waals surface area contributed by atoms with Gasteiger partial charge in [-0.2, -0.15) is 0 Å². The number of ether oxygens (including phenoxy) is 2. The maximum atomic E-state index is 13.0. The maximum absolute atomic E-state index is 13.0. The zero-order chi connectivity index (χ0) is 18.2. The summed E-state index contributed by atoms with van der Waals surface area (Å²) < 4.78 is 36.6. The van der Waals surface area contributed by atoms with Crippen molar-refractivity contribution in [2.75, 3.05) is 25.1 Å². The van der Waals surface area contributed by atoms with Crippen LogP contribution in [0.25, 0.3) is 0 Å². The predicted molar refractivity (Wildman–Crippen MR) is 91.7 cm³/mol. The molecule has 0 unspecified atom stereocenters. The quantitative estimate of drug-likeness (QED) is 0.753. The van der Waals surface area contributed by atoms with E-state index in [-0.39, 0.29) is 16.3 Å². The molecule has 1 aromatic heterocycles. The molecule has 1 aromatic carbocycles. The fourth-order valence-electron chi connectivity index (χ4n) is 2.73. The number of carbonyl (C=O) groups is 2. The normalized spacial score (nSPS) is 13.4. The fourth-order valence-corrected chi connectivity index (χ4v) is 5.54. The van der Waals surface area contributed by atoms with E-state index in [4.69, 9.17) is 0 Å². The minimum atomic E-state index is -3.91. The lowest BCUT2D eigenvalue weighted by Crippen LogP contribution is -2.30. The van der Waals surface area contributed by atoms with Crippen molar-refractivity contribution in [3.63, 3.8) is 0 Å². The van der Waals surface area contributed by atoms with Crippen LogP contribution in [0.1, 0.15) is 25.6 Å². The Kier molecular flexibility index (Phi) is 4.53. The number of carbonyl (C=O) groups excluding carboxylic acids is 2. The number of hydrogen-bond donors (Lipinski definition) is 0. The third-order valence-electron chi connectivity index (χ3n) is 3.92. The summed E-state index contributed by atoms with van der Waals surface area (Å²) in [6.45, 7) is 0.235. The number of fused-ring (bicyclic) bond motifs is 1. The SMILES string of the molecule is COC(=O)c1ccc2c(c1)CCN2S(=O)(=O)c1ccsc1C(=O)OC. The number of nitrogens with zero attached hydrogens (tertiary/aromatic N) is 1. The number of thiophene rings is 1. The molecule has 2 aromatic rings. The van der Waals surface area contributed by atoms with Gasteiger partial charge in [0.25, 0.3) is 10.0 Å². The van der Waals surface area contributed by atoms with Crippen LogP contribution in [0.15, 0.2) is 34.5 Å². The van der Waals surface area contributed by atoms with Crippen LogP contribution < -0.4 is 4.31 Å². The highest BCUT2D eigenvalue weighted by Crippen LogP contribution is 2.35. The summed E-state index contributed by atoms with van der Waals surface area (Å²) in [7, 11) is -1.41. The molecule has 1 aliphatic rings. The molecule has 25 heavy (non-hydrogen) atoms. The van der Waals surface area contributed by atoms with Gasteiger partial charge < -0.3 is 9.47 Å². The maximum Gasteiger partial charge on any atom is 0.349 e. The van der Waals surface area contributed by atoms with Gasteiger partial charge in [0.15, 0.2) is 0 Å². The highest BCUT2D eigenvalue weighted by molar-refractivity contribution is 7.93. The predicted octanol–water partition coefficient (Wildman–Crippen LogP) is 2.07. The zero-order valence-electron chi connectivity index (χ0n) is 13.5. The van der Waals surface area contributed by atoms with Crippen LogP contribution in [-0.4, -0.2) is 41.1 Å². The standard InChI is InChI=1S/C16H15NO6S2/c1-22-15(18)11-3-4-12-10(9-11)5-7-17(12)25(20,21)13-6-8-24-14(13)16(19)23-2/h3-4,6,8-9H,5,7H2,1-2H3. The molecule has 0 spiro atoms. The van der Waals surface area contributed by atoms with E-state index in [1.807, 2.05) is 0 Å². The Hall–Kier alpha value is -2.39. The molecule has 0 fully saturated rings. The first kappa shape index (κ1) is 17.4. The van der Waals surface area contributed by atoms with E-state index in [1.165, 1.54) is 36.0 Å². The van der Waals surface area contributed by atoms with E-state index < -0.39 is 22.0 Å². The molecule has 7 nitrogen and oxygen atoms in total. The summed E-state index contributed by atoms with van der Waals surface area (Å²) in [5.74, 6) is -1.16. The van der Waals surface area contributed by atoms with E-state index in [0.29, 0.717) is 17.7 Å². The first-order chi connectivity index (χ1) is 11.9. The van der Waals surface area contributed by atoms with Gasteiger partial charge >= 0.3 is 11.9 Å². The van der Waals surface area contributed by atoms with E-state index in [2.05, 4.69) is 9.47 Å². The Labute approximate surface area is 148 Å². The molecule has 3 rings (SSSR count). The van der Waals surface area contributed by atoms with Crippen LogP contribution in [0.5, 0.6) is 0 Å². The number of esters is 2. The summed E-state index contributed by atoms with van der Waals surface area (Å²) in [5, 5.41) is 1.54. The van der Waals surface area contributed by atoms with E-state index in [9.17, 15) is 18.0 Å². The molecular formula is C16H15NO6S2. The van der Waals surface area contributed by atoms with E-state index in [0.717, 1.165) is 16.9 Å². The Morgan fingerprint density at radius 2 is 1.84 bits per heavy atom. The van der Waals surface area contributed by atoms with Crippen LogP contribution in [0.4, 0.5) is 5.69 Å². The van der Waals surface area contributed by atoms with Gasteiger partial charge in [-0.3, -0.25) is 4.31 Å². The second kappa shape index (κ2) is 6.49. The minimum absolute atomic E-state index is 0.0436. The number of methoxy groups -OCH3 is 2. The van der Waals surface area contributed by atoms with Crippen molar-refractivity contribution >= 4 is 39.0 Å². The van der Waals surface area contributed by atoms with Gasteiger partial charge in [-0.25, -0.2) is 18.0 Å². The van der Waals surface area contributed by atoms with Crippen molar-refractivity contribution in [1.29, 1.82) is 0 Å². The average Bonchev–Trinajstić information content (AvgIpc) is 3.27. The van der Waals surface area contributed by atoms with Crippen LogP contribution in [0.3, 0.4) is 0 Å². The van der Waals surface area contributed by atoms with E-state index in [1.54, 1.807) is 12.1 Å².